The molecule has 0 aliphatic heterocycles. The van der Waals surface area contributed by atoms with Crippen LogP contribution in [-0.2, 0) is 11.4 Å². The number of aromatic nitrogens is 2. The first-order chi connectivity index (χ1) is 13.6. The van der Waals surface area contributed by atoms with Crippen molar-refractivity contribution in [1.82, 2.24) is 10.2 Å². The Morgan fingerprint density at radius 1 is 1.11 bits per heavy atom. The molecule has 0 saturated carbocycles. The van der Waals surface area contributed by atoms with E-state index < -0.39 is 0 Å². The number of anilines is 1. The summed E-state index contributed by atoms with van der Waals surface area (Å²) >= 11 is 0. The van der Waals surface area contributed by atoms with Gasteiger partial charge in [-0.1, -0.05) is 25.1 Å². The summed E-state index contributed by atoms with van der Waals surface area (Å²) in [6.07, 6.45) is 1.18. The van der Waals surface area contributed by atoms with Crippen molar-refractivity contribution in [2.45, 2.75) is 33.3 Å². The topological polar surface area (TPSA) is 94.3 Å². The van der Waals surface area contributed by atoms with Crippen LogP contribution in [0.2, 0.25) is 0 Å². The molecule has 7 nitrogen and oxygen atoms in total. The molecule has 1 N–H and O–H groups in total. The lowest BCUT2D eigenvalue weighted by Crippen LogP contribution is -2.11. The molecule has 0 spiro atoms. The van der Waals surface area contributed by atoms with Crippen LogP contribution >= 0.6 is 0 Å². The van der Waals surface area contributed by atoms with E-state index in [-0.39, 0.29) is 18.3 Å². The molecule has 1 heterocycles. The van der Waals surface area contributed by atoms with Crippen molar-refractivity contribution in [3.63, 3.8) is 0 Å². The van der Waals surface area contributed by atoms with E-state index >= 15 is 0 Å². The normalized spacial score (nSPS) is 10.5. The summed E-state index contributed by atoms with van der Waals surface area (Å²) in [6.45, 7) is 3.40. The molecular weight excluding hydrogens is 358 g/mol. The van der Waals surface area contributed by atoms with Gasteiger partial charge in [0.05, 0.1) is 5.56 Å². The number of hydrogen-bond acceptors (Lipinski definition) is 6. The lowest BCUT2D eigenvalue weighted by atomic mass is 10.1. The largest absolute Gasteiger partial charge is 0.483 e. The highest BCUT2D eigenvalue weighted by molar-refractivity contribution is 5.99. The van der Waals surface area contributed by atoms with E-state index in [2.05, 4.69) is 15.5 Å². The van der Waals surface area contributed by atoms with Crippen LogP contribution in [0.3, 0.4) is 0 Å². The van der Waals surface area contributed by atoms with Crippen molar-refractivity contribution in [3.8, 4) is 17.2 Å². The van der Waals surface area contributed by atoms with E-state index in [0.29, 0.717) is 35.2 Å². The number of nitrogens with zero attached hydrogens (tertiary/aromatic N) is 2. The minimum atomic E-state index is -0.169. The lowest BCUT2D eigenvalue weighted by Gasteiger charge is -2.11. The van der Waals surface area contributed by atoms with E-state index in [0.717, 1.165) is 12.0 Å². The van der Waals surface area contributed by atoms with Crippen LogP contribution in [0.25, 0.3) is 11.5 Å². The predicted octanol–water partition coefficient (Wildman–Crippen LogP) is 4.26. The molecule has 1 amide bonds. The second-order valence-electron chi connectivity index (χ2n) is 6.22. The highest BCUT2D eigenvalue weighted by Crippen LogP contribution is 2.25. The van der Waals surface area contributed by atoms with Gasteiger partial charge in [-0.2, -0.15) is 0 Å². The van der Waals surface area contributed by atoms with Gasteiger partial charge in [0.15, 0.2) is 12.4 Å². The Labute approximate surface area is 162 Å². The molecule has 7 heteroatoms. The SMILES string of the molecule is CCCC(=O)Nc1ccc(OCc2nnc(-c3ccccc3)o2)c(C(C)=O)c1. The maximum Gasteiger partial charge on any atom is 0.254 e. The first-order valence-corrected chi connectivity index (χ1v) is 9.02. The van der Waals surface area contributed by atoms with Gasteiger partial charge < -0.3 is 14.5 Å². The summed E-state index contributed by atoms with van der Waals surface area (Å²) in [6, 6.07) is 14.4. The van der Waals surface area contributed by atoms with Gasteiger partial charge in [-0.05, 0) is 43.7 Å². The van der Waals surface area contributed by atoms with Gasteiger partial charge in [-0.15, -0.1) is 10.2 Å². The zero-order valence-electron chi connectivity index (χ0n) is 15.8. The van der Waals surface area contributed by atoms with Crippen molar-refractivity contribution in [1.29, 1.82) is 0 Å². The molecule has 144 valence electrons. The molecule has 2 aromatic carbocycles. The molecule has 28 heavy (non-hydrogen) atoms. The Hall–Kier alpha value is -3.48. The summed E-state index contributed by atoms with van der Waals surface area (Å²) in [5, 5.41) is 10.8. The van der Waals surface area contributed by atoms with Crippen LogP contribution in [0.5, 0.6) is 5.75 Å². The van der Waals surface area contributed by atoms with E-state index in [1.807, 2.05) is 37.3 Å². The molecule has 0 aliphatic rings. The van der Waals surface area contributed by atoms with Crippen LogP contribution in [0.15, 0.2) is 52.9 Å². The fourth-order valence-corrected chi connectivity index (χ4v) is 2.61. The van der Waals surface area contributed by atoms with Crippen molar-refractivity contribution < 1.29 is 18.7 Å². The van der Waals surface area contributed by atoms with Crippen molar-refractivity contribution in [2.75, 3.05) is 5.32 Å². The summed E-state index contributed by atoms with van der Waals surface area (Å²) in [5.74, 6) is 0.830. The zero-order valence-corrected chi connectivity index (χ0v) is 15.8. The minimum absolute atomic E-state index is 0.0294. The number of carbonyl (C=O) groups excluding carboxylic acids is 2. The average molecular weight is 379 g/mol. The molecule has 0 fully saturated rings. The standard InChI is InChI=1S/C21H21N3O4/c1-3-7-19(26)22-16-10-11-18(17(12-16)14(2)25)27-13-20-23-24-21(28-20)15-8-5-4-6-9-15/h4-6,8-12H,3,7,13H2,1-2H3,(H,22,26). The number of Topliss-reactive ketones (excluding diaryl/α,β-unsaturated/α-hetero) is 1. The van der Waals surface area contributed by atoms with Crippen molar-refractivity contribution >= 4 is 17.4 Å². The third kappa shape index (κ3) is 4.82. The molecule has 0 aliphatic carbocycles. The summed E-state index contributed by atoms with van der Waals surface area (Å²) in [4.78, 5) is 23.7. The van der Waals surface area contributed by atoms with Crippen LogP contribution in [0.1, 0.15) is 42.9 Å². The summed E-state index contributed by atoms with van der Waals surface area (Å²) in [7, 11) is 0. The number of rotatable bonds is 8. The van der Waals surface area contributed by atoms with Crippen LogP contribution < -0.4 is 10.1 Å². The second-order valence-corrected chi connectivity index (χ2v) is 6.22. The van der Waals surface area contributed by atoms with E-state index in [1.54, 1.807) is 18.2 Å². The Morgan fingerprint density at radius 2 is 1.89 bits per heavy atom. The third-order valence-corrected chi connectivity index (χ3v) is 3.96. The van der Waals surface area contributed by atoms with Crippen molar-refractivity contribution in [2.24, 2.45) is 0 Å². The predicted molar refractivity (Wildman–Crippen MR) is 104 cm³/mol. The van der Waals surface area contributed by atoms with Gasteiger partial charge >= 0.3 is 0 Å². The summed E-state index contributed by atoms with van der Waals surface area (Å²) in [5.41, 5.74) is 1.75. The number of nitrogens with one attached hydrogen (secondary N) is 1. The Morgan fingerprint density at radius 3 is 2.61 bits per heavy atom. The zero-order chi connectivity index (χ0) is 19.9. The monoisotopic (exact) mass is 379 g/mol. The highest BCUT2D eigenvalue weighted by Gasteiger charge is 2.14. The number of carbonyl (C=O) groups is 2. The van der Waals surface area contributed by atoms with Gasteiger partial charge in [-0.25, -0.2) is 0 Å². The molecule has 0 unspecified atom stereocenters. The van der Waals surface area contributed by atoms with Gasteiger partial charge in [0.2, 0.25) is 11.8 Å². The molecule has 0 bridgehead atoms. The maximum atomic E-state index is 12.0. The van der Waals surface area contributed by atoms with Crippen LogP contribution in [0.4, 0.5) is 5.69 Å². The number of benzene rings is 2. The van der Waals surface area contributed by atoms with E-state index in [4.69, 9.17) is 9.15 Å². The molecule has 0 atom stereocenters. The lowest BCUT2D eigenvalue weighted by molar-refractivity contribution is -0.116. The number of ketones is 1. The first-order valence-electron chi connectivity index (χ1n) is 9.02. The molecule has 0 radical (unpaired) electrons. The number of hydrogen-bond donors (Lipinski definition) is 1. The van der Waals surface area contributed by atoms with Crippen molar-refractivity contribution in [3.05, 3.63) is 60.0 Å². The van der Waals surface area contributed by atoms with Gasteiger partial charge in [0, 0.05) is 17.7 Å². The highest BCUT2D eigenvalue weighted by atomic mass is 16.5. The molecular formula is C21H21N3O4. The summed E-state index contributed by atoms with van der Waals surface area (Å²) < 4.78 is 11.3. The average Bonchev–Trinajstić information content (AvgIpc) is 3.17. The quantitative estimate of drug-likeness (QED) is 0.588. The van der Waals surface area contributed by atoms with Crippen LogP contribution in [-0.4, -0.2) is 21.9 Å². The second kappa shape index (κ2) is 8.94. The maximum absolute atomic E-state index is 12.0. The van der Waals surface area contributed by atoms with Gasteiger partial charge in [0.1, 0.15) is 5.75 Å². The third-order valence-electron chi connectivity index (χ3n) is 3.96. The fourth-order valence-electron chi connectivity index (χ4n) is 2.61. The molecule has 3 rings (SSSR count). The molecule has 0 saturated heterocycles. The van der Waals surface area contributed by atoms with E-state index in [1.165, 1.54) is 6.92 Å². The number of ether oxygens (including phenoxy) is 1. The Balaban J connectivity index is 1.71. The number of amides is 1. The Bertz CT molecular complexity index is 967. The smallest absolute Gasteiger partial charge is 0.254 e. The first kappa shape index (κ1) is 19.3. The Kier molecular flexibility index (Phi) is 6.16. The van der Waals surface area contributed by atoms with E-state index in [9.17, 15) is 9.59 Å². The van der Waals surface area contributed by atoms with Gasteiger partial charge in [-0.3, -0.25) is 9.59 Å². The molecule has 3 aromatic rings. The minimum Gasteiger partial charge on any atom is -0.483 e. The van der Waals surface area contributed by atoms with Crippen LogP contribution in [0, 0.1) is 0 Å². The van der Waals surface area contributed by atoms with Gasteiger partial charge in [0.25, 0.3) is 5.89 Å². The fraction of sp³-hybridized carbons (Fsp3) is 0.238. The molecule has 1 aromatic heterocycles.